The van der Waals surface area contributed by atoms with Crippen molar-refractivity contribution in [1.82, 2.24) is 0 Å². The lowest BCUT2D eigenvalue weighted by molar-refractivity contribution is -0.146. The second-order valence-corrected chi connectivity index (χ2v) is 6.88. The predicted molar refractivity (Wildman–Crippen MR) is 82.6 cm³/mol. The molecule has 0 aliphatic heterocycles. The highest BCUT2D eigenvalue weighted by Crippen LogP contribution is 2.49. The molecule has 0 amide bonds. The summed E-state index contributed by atoms with van der Waals surface area (Å²) >= 11 is 2.33. The van der Waals surface area contributed by atoms with Gasteiger partial charge in [0.1, 0.15) is 3.42 Å². The van der Waals surface area contributed by atoms with Gasteiger partial charge in [0.25, 0.3) is 0 Å². The lowest BCUT2D eigenvalue weighted by Gasteiger charge is -2.29. The molecule has 1 rings (SSSR count). The fourth-order valence-corrected chi connectivity index (χ4v) is 4.13. The van der Waals surface area contributed by atoms with E-state index in [1.165, 1.54) is 0 Å². The van der Waals surface area contributed by atoms with Crippen molar-refractivity contribution in [3.63, 3.8) is 0 Å². The van der Waals surface area contributed by atoms with E-state index in [4.69, 9.17) is 4.74 Å². The average Bonchev–Trinajstić information content (AvgIpc) is 2.64. The van der Waals surface area contributed by atoms with E-state index in [-0.39, 0.29) is 9.39 Å². The van der Waals surface area contributed by atoms with Gasteiger partial charge in [0, 0.05) is 12.8 Å². The molecule has 18 heavy (non-hydrogen) atoms. The molecular weight excluding hydrogens is 339 g/mol. The highest BCUT2D eigenvalue weighted by Gasteiger charge is 2.50. The smallest absolute Gasteiger partial charge is 0.322 e. The van der Waals surface area contributed by atoms with Gasteiger partial charge >= 0.3 is 5.97 Å². The van der Waals surface area contributed by atoms with E-state index < -0.39 is 0 Å². The van der Waals surface area contributed by atoms with Crippen LogP contribution in [0.25, 0.3) is 0 Å². The van der Waals surface area contributed by atoms with Crippen molar-refractivity contribution in [3.05, 3.63) is 0 Å². The Bertz CT molecular complexity index is 342. The van der Waals surface area contributed by atoms with E-state index >= 15 is 0 Å². The fourth-order valence-electron chi connectivity index (χ4n) is 2.73. The van der Waals surface area contributed by atoms with E-state index in [0.29, 0.717) is 18.4 Å². The first kappa shape index (κ1) is 15.8. The minimum Gasteiger partial charge on any atom is -0.465 e. The molecule has 102 valence electrons. The molecule has 0 N–H and O–H groups in total. The summed E-state index contributed by atoms with van der Waals surface area (Å²) in [5, 5.41) is 0. The van der Waals surface area contributed by atoms with E-state index in [2.05, 4.69) is 48.3 Å². The standard InChI is InChI=1S/C15H23IO2/c1-4-6-7-8-9-13-12(3)10-11-15(13,16)14(17)18-5-2/h12-13H,4-5,8-11H2,1-3H3/t12-,13+,15?/m1/s1. The van der Waals surface area contributed by atoms with Gasteiger partial charge < -0.3 is 4.74 Å². The highest BCUT2D eigenvalue weighted by molar-refractivity contribution is 14.1. The largest absolute Gasteiger partial charge is 0.465 e. The van der Waals surface area contributed by atoms with Crippen molar-refractivity contribution in [2.45, 2.75) is 56.3 Å². The van der Waals surface area contributed by atoms with Gasteiger partial charge in [0.05, 0.1) is 6.61 Å². The van der Waals surface area contributed by atoms with Crippen LogP contribution in [0.4, 0.5) is 0 Å². The van der Waals surface area contributed by atoms with Crippen LogP contribution in [0.15, 0.2) is 0 Å². The molecule has 1 aliphatic rings. The first-order valence-corrected chi connectivity index (χ1v) is 7.96. The summed E-state index contributed by atoms with van der Waals surface area (Å²) in [4.78, 5) is 12.1. The molecule has 3 atom stereocenters. The Morgan fingerprint density at radius 3 is 2.78 bits per heavy atom. The van der Waals surface area contributed by atoms with Crippen LogP contribution in [0.5, 0.6) is 0 Å². The molecule has 0 aromatic heterocycles. The maximum absolute atomic E-state index is 12.1. The maximum atomic E-state index is 12.1. The van der Waals surface area contributed by atoms with Gasteiger partial charge in [-0.2, -0.15) is 0 Å². The summed E-state index contributed by atoms with van der Waals surface area (Å²) in [6, 6.07) is 0. The lowest BCUT2D eigenvalue weighted by Crippen LogP contribution is -2.38. The molecule has 0 spiro atoms. The molecule has 3 heteroatoms. The van der Waals surface area contributed by atoms with Crippen LogP contribution >= 0.6 is 22.6 Å². The van der Waals surface area contributed by atoms with Crippen LogP contribution in [0, 0.1) is 23.7 Å². The molecule has 1 unspecified atom stereocenters. The van der Waals surface area contributed by atoms with Crippen molar-refractivity contribution in [2.24, 2.45) is 11.8 Å². The number of rotatable bonds is 4. The normalized spacial score (nSPS) is 30.7. The molecule has 1 saturated carbocycles. The number of esters is 1. The zero-order chi connectivity index (χ0) is 13.6. The van der Waals surface area contributed by atoms with Crippen molar-refractivity contribution in [1.29, 1.82) is 0 Å². The molecule has 0 radical (unpaired) electrons. The van der Waals surface area contributed by atoms with Gasteiger partial charge in [-0.25, -0.2) is 0 Å². The van der Waals surface area contributed by atoms with Crippen molar-refractivity contribution < 1.29 is 9.53 Å². The third-order valence-corrected chi connectivity index (χ3v) is 5.51. The highest BCUT2D eigenvalue weighted by atomic mass is 127. The number of hydrogen-bond acceptors (Lipinski definition) is 2. The summed E-state index contributed by atoms with van der Waals surface area (Å²) in [6.07, 6.45) is 4.88. The van der Waals surface area contributed by atoms with Crippen molar-refractivity contribution in [3.8, 4) is 11.8 Å². The third-order valence-electron chi connectivity index (χ3n) is 3.74. The molecule has 2 nitrogen and oxygen atoms in total. The van der Waals surface area contributed by atoms with Crippen LogP contribution in [0.2, 0.25) is 0 Å². The number of carbonyl (C=O) groups is 1. The van der Waals surface area contributed by atoms with E-state index in [1.807, 2.05) is 6.92 Å². The number of carbonyl (C=O) groups excluding carboxylic acids is 1. The lowest BCUT2D eigenvalue weighted by atomic mass is 9.86. The molecule has 0 saturated heterocycles. The van der Waals surface area contributed by atoms with Crippen molar-refractivity contribution in [2.75, 3.05) is 6.61 Å². The van der Waals surface area contributed by atoms with Crippen LogP contribution in [0.3, 0.4) is 0 Å². The van der Waals surface area contributed by atoms with Gasteiger partial charge in [-0.1, -0.05) is 36.4 Å². The van der Waals surface area contributed by atoms with E-state index in [9.17, 15) is 4.79 Å². The molecular formula is C15H23IO2. The van der Waals surface area contributed by atoms with Crippen molar-refractivity contribution >= 4 is 28.6 Å². The minimum absolute atomic E-state index is 0.0246. The fraction of sp³-hybridized carbons (Fsp3) is 0.800. The predicted octanol–water partition coefficient (Wildman–Crippen LogP) is 3.96. The summed E-state index contributed by atoms with van der Waals surface area (Å²) in [6.45, 7) is 6.66. The zero-order valence-corrected chi connectivity index (χ0v) is 13.7. The number of halogens is 1. The van der Waals surface area contributed by atoms with Crippen LogP contribution in [0.1, 0.15) is 52.9 Å². The Morgan fingerprint density at radius 2 is 2.17 bits per heavy atom. The minimum atomic E-state index is -0.318. The molecule has 0 bridgehead atoms. The van der Waals surface area contributed by atoms with E-state index in [0.717, 1.165) is 32.1 Å². The average molecular weight is 362 g/mol. The Kier molecular flexibility index (Phi) is 6.48. The van der Waals surface area contributed by atoms with Gasteiger partial charge in [0.15, 0.2) is 0 Å². The van der Waals surface area contributed by atoms with Gasteiger partial charge in [-0.05, 0) is 38.0 Å². The molecule has 1 aliphatic carbocycles. The monoisotopic (exact) mass is 362 g/mol. The molecule has 1 fully saturated rings. The Hall–Kier alpha value is -0.240. The summed E-state index contributed by atoms with van der Waals surface area (Å²) in [5.74, 6) is 7.26. The Morgan fingerprint density at radius 1 is 1.44 bits per heavy atom. The number of hydrogen-bond donors (Lipinski definition) is 0. The van der Waals surface area contributed by atoms with Crippen LogP contribution in [-0.4, -0.2) is 16.0 Å². The topological polar surface area (TPSA) is 26.3 Å². The summed E-state index contributed by atoms with van der Waals surface area (Å²) in [5.41, 5.74) is 0. The zero-order valence-electron chi connectivity index (χ0n) is 11.6. The number of alkyl halides is 1. The quantitative estimate of drug-likeness (QED) is 0.328. The van der Waals surface area contributed by atoms with E-state index in [1.54, 1.807) is 0 Å². The second kappa shape index (κ2) is 7.37. The first-order chi connectivity index (χ1) is 8.56. The maximum Gasteiger partial charge on any atom is 0.322 e. The van der Waals surface area contributed by atoms with Crippen LogP contribution in [-0.2, 0) is 9.53 Å². The molecule has 0 aromatic carbocycles. The van der Waals surface area contributed by atoms with Gasteiger partial charge in [-0.15, -0.1) is 11.8 Å². The summed E-state index contributed by atoms with van der Waals surface area (Å²) < 4.78 is 4.93. The second-order valence-electron chi connectivity index (χ2n) is 4.95. The molecule has 0 aromatic rings. The SMILES string of the molecule is CCC#CCC[C@H]1[C@H](C)CCC1(I)C(=O)OCC. The first-order valence-electron chi connectivity index (χ1n) is 6.88. The molecule has 0 heterocycles. The summed E-state index contributed by atoms with van der Waals surface area (Å²) in [7, 11) is 0. The Labute approximate surface area is 124 Å². The Balaban J connectivity index is 2.68. The third kappa shape index (κ3) is 3.63. The number of ether oxygens (including phenoxy) is 1. The van der Waals surface area contributed by atoms with Crippen LogP contribution < -0.4 is 0 Å². The van der Waals surface area contributed by atoms with Gasteiger partial charge in [-0.3, -0.25) is 4.79 Å². The van der Waals surface area contributed by atoms with Gasteiger partial charge in [0.2, 0.25) is 0 Å².